The molecule has 5 rings (SSSR count). The molecular weight excluding hydrogens is 348 g/mol. The lowest BCUT2D eigenvalue weighted by molar-refractivity contribution is 0.239. The van der Waals surface area contributed by atoms with Crippen LogP contribution in [0, 0.1) is 0 Å². The molecule has 2 aromatic carbocycles. The molecule has 3 heterocycles. The van der Waals surface area contributed by atoms with Crippen molar-refractivity contribution in [3.8, 4) is 17.1 Å². The molecule has 0 saturated carbocycles. The van der Waals surface area contributed by atoms with Crippen molar-refractivity contribution in [1.82, 2.24) is 19.4 Å². The predicted octanol–water partition coefficient (Wildman–Crippen LogP) is 4.14. The molecule has 0 amide bonds. The minimum absolute atomic E-state index is 0.897. The fourth-order valence-corrected chi connectivity index (χ4v) is 4.18. The lowest BCUT2D eigenvalue weighted by atomic mass is 10.1. The van der Waals surface area contributed by atoms with Gasteiger partial charge in [-0.15, -0.1) is 0 Å². The summed E-state index contributed by atoms with van der Waals surface area (Å²) in [4.78, 5) is 10.8. The molecule has 0 spiro atoms. The Morgan fingerprint density at radius 2 is 2.00 bits per heavy atom. The van der Waals surface area contributed by atoms with Crippen LogP contribution in [0.1, 0.15) is 17.0 Å². The third-order valence-corrected chi connectivity index (χ3v) is 5.74. The number of rotatable bonds is 4. The highest BCUT2D eigenvalue weighted by Gasteiger charge is 2.23. The van der Waals surface area contributed by atoms with Crippen molar-refractivity contribution in [3.05, 3.63) is 71.7 Å². The molecule has 0 atom stereocenters. The van der Waals surface area contributed by atoms with E-state index in [1.807, 2.05) is 12.1 Å². The molecule has 5 heteroatoms. The van der Waals surface area contributed by atoms with E-state index in [0.717, 1.165) is 43.1 Å². The molecule has 1 N–H and O–H groups in total. The van der Waals surface area contributed by atoms with Gasteiger partial charge in [0.25, 0.3) is 0 Å². The van der Waals surface area contributed by atoms with E-state index >= 15 is 0 Å². The lowest BCUT2D eigenvalue weighted by Crippen LogP contribution is -2.30. The highest BCUT2D eigenvalue weighted by Crippen LogP contribution is 2.29. The van der Waals surface area contributed by atoms with E-state index in [1.165, 1.54) is 27.9 Å². The Hall–Kier alpha value is -3.05. The number of hydrogen-bond donors (Lipinski definition) is 1. The Balaban J connectivity index is 1.41. The van der Waals surface area contributed by atoms with Crippen LogP contribution in [-0.2, 0) is 26.6 Å². The average molecular weight is 372 g/mol. The molecule has 5 nitrogen and oxygen atoms in total. The van der Waals surface area contributed by atoms with Gasteiger partial charge in [0.05, 0.1) is 18.5 Å². The predicted molar refractivity (Wildman–Crippen MR) is 111 cm³/mol. The van der Waals surface area contributed by atoms with Gasteiger partial charge in [-0.1, -0.05) is 30.3 Å². The van der Waals surface area contributed by atoms with Gasteiger partial charge in [0.15, 0.2) is 0 Å². The van der Waals surface area contributed by atoms with E-state index in [4.69, 9.17) is 9.72 Å². The number of ether oxygens (including phenoxy) is 1. The van der Waals surface area contributed by atoms with Gasteiger partial charge in [0, 0.05) is 55.8 Å². The van der Waals surface area contributed by atoms with Crippen molar-refractivity contribution in [2.24, 2.45) is 7.05 Å². The van der Waals surface area contributed by atoms with Gasteiger partial charge < -0.3 is 14.3 Å². The molecular formula is C23H24N4O. The first-order chi connectivity index (χ1) is 13.7. The molecule has 0 saturated heterocycles. The van der Waals surface area contributed by atoms with Crippen molar-refractivity contribution in [2.45, 2.75) is 19.5 Å². The summed E-state index contributed by atoms with van der Waals surface area (Å²) in [5.41, 5.74) is 6.19. The van der Waals surface area contributed by atoms with E-state index in [1.54, 1.807) is 7.11 Å². The minimum atomic E-state index is 0.897. The monoisotopic (exact) mass is 372 g/mol. The molecule has 4 aromatic rings. The van der Waals surface area contributed by atoms with Crippen LogP contribution in [0.15, 0.2) is 54.7 Å². The second-order valence-corrected chi connectivity index (χ2v) is 7.44. The summed E-state index contributed by atoms with van der Waals surface area (Å²) < 4.78 is 7.66. The average Bonchev–Trinajstić information content (AvgIpc) is 3.29. The van der Waals surface area contributed by atoms with E-state index in [0.29, 0.717) is 0 Å². The van der Waals surface area contributed by atoms with Crippen molar-refractivity contribution < 1.29 is 4.74 Å². The van der Waals surface area contributed by atoms with Gasteiger partial charge in [-0.05, 0) is 23.8 Å². The number of hydrogen-bond acceptors (Lipinski definition) is 3. The fourth-order valence-electron chi connectivity index (χ4n) is 4.18. The fraction of sp³-hybridized carbons (Fsp3) is 0.261. The maximum absolute atomic E-state index is 5.40. The van der Waals surface area contributed by atoms with Gasteiger partial charge in [0.2, 0.25) is 0 Å². The second kappa shape index (κ2) is 6.84. The normalized spacial score (nSPS) is 14.4. The van der Waals surface area contributed by atoms with Crippen LogP contribution in [0.25, 0.3) is 22.3 Å². The molecule has 0 unspecified atom stereocenters. The summed E-state index contributed by atoms with van der Waals surface area (Å²) in [6.45, 7) is 2.86. The summed E-state index contributed by atoms with van der Waals surface area (Å²) in [5.74, 6) is 1.96. The van der Waals surface area contributed by atoms with Gasteiger partial charge in [-0.25, -0.2) is 4.98 Å². The largest absolute Gasteiger partial charge is 0.497 e. The first-order valence-corrected chi connectivity index (χ1v) is 9.69. The van der Waals surface area contributed by atoms with E-state index < -0.39 is 0 Å². The third-order valence-electron chi connectivity index (χ3n) is 5.74. The first kappa shape index (κ1) is 17.1. The Bertz CT molecular complexity index is 1130. The second-order valence-electron chi connectivity index (χ2n) is 7.44. The number of benzene rings is 2. The van der Waals surface area contributed by atoms with Crippen LogP contribution in [0.4, 0.5) is 0 Å². The molecule has 0 aliphatic carbocycles. The zero-order chi connectivity index (χ0) is 19.1. The quantitative estimate of drug-likeness (QED) is 0.586. The van der Waals surface area contributed by atoms with E-state index in [-0.39, 0.29) is 0 Å². The molecule has 0 bridgehead atoms. The lowest BCUT2D eigenvalue weighted by Gasteiger charge is -2.26. The summed E-state index contributed by atoms with van der Waals surface area (Å²) in [6.07, 6.45) is 3.11. The van der Waals surface area contributed by atoms with Crippen molar-refractivity contribution in [1.29, 1.82) is 0 Å². The number of nitrogens with one attached hydrogen (secondary N) is 1. The Morgan fingerprint density at radius 1 is 1.14 bits per heavy atom. The maximum atomic E-state index is 5.40. The van der Waals surface area contributed by atoms with Crippen LogP contribution < -0.4 is 4.74 Å². The van der Waals surface area contributed by atoms with E-state index in [2.05, 4.69) is 64.1 Å². The summed E-state index contributed by atoms with van der Waals surface area (Å²) in [7, 11) is 3.85. The first-order valence-electron chi connectivity index (χ1n) is 9.69. The van der Waals surface area contributed by atoms with Crippen LogP contribution >= 0.6 is 0 Å². The SMILES string of the molecule is COc1ccc2[nH]cc(CN3CCc4nc(-c5ccccc5)n(C)c4C3)c2c1. The Kier molecular flexibility index (Phi) is 4.17. The Morgan fingerprint density at radius 3 is 2.82 bits per heavy atom. The van der Waals surface area contributed by atoms with Crippen LogP contribution in [-0.4, -0.2) is 33.1 Å². The number of fused-ring (bicyclic) bond motifs is 2. The zero-order valence-electron chi connectivity index (χ0n) is 16.3. The van der Waals surface area contributed by atoms with Crippen molar-refractivity contribution >= 4 is 10.9 Å². The number of imidazole rings is 1. The van der Waals surface area contributed by atoms with Gasteiger partial charge in [-0.3, -0.25) is 4.90 Å². The molecule has 142 valence electrons. The standard InChI is InChI=1S/C23H24N4O/c1-26-22-15-27(11-10-21(22)25-23(26)16-6-4-3-5-7-16)14-17-13-24-20-9-8-18(28-2)12-19(17)20/h3-9,12-13,24H,10-11,14-15H2,1-2H3. The molecule has 1 aliphatic heterocycles. The minimum Gasteiger partial charge on any atom is -0.497 e. The number of methoxy groups -OCH3 is 1. The van der Waals surface area contributed by atoms with Crippen molar-refractivity contribution in [2.75, 3.05) is 13.7 Å². The van der Waals surface area contributed by atoms with Gasteiger partial charge in [-0.2, -0.15) is 0 Å². The number of nitrogens with zero attached hydrogens (tertiary/aromatic N) is 3. The number of aromatic nitrogens is 3. The van der Waals surface area contributed by atoms with Crippen LogP contribution in [0.3, 0.4) is 0 Å². The topological polar surface area (TPSA) is 46.1 Å². The van der Waals surface area contributed by atoms with E-state index in [9.17, 15) is 0 Å². The zero-order valence-corrected chi connectivity index (χ0v) is 16.3. The number of H-pyrrole nitrogens is 1. The van der Waals surface area contributed by atoms with Gasteiger partial charge in [0.1, 0.15) is 11.6 Å². The highest BCUT2D eigenvalue weighted by molar-refractivity contribution is 5.84. The number of aromatic amines is 1. The molecule has 0 radical (unpaired) electrons. The summed E-state index contributed by atoms with van der Waals surface area (Å²) in [5, 5.41) is 1.24. The molecule has 28 heavy (non-hydrogen) atoms. The molecule has 1 aliphatic rings. The Labute approximate surface area is 164 Å². The maximum Gasteiger partial charge on any atom is 0.140 e. The summed E-state index contributed by atoms with van der Waals surface area (Å²) in [6, 6.07) is 16.6. The van der Waals surface area contributed by atoms with Crippen LogP contribution in [0.5, 0.6) is 5.75 Å². The molecule has 0 fully saturated rings. The summed E-state index contributed by atoms with van der Waals surface area (Å²) >= 11 is 0. The van der Waals surface area contributed by atoms with Crippen LogP contribution in [0.2, 0.25) is 0 Å². The van der Waals surface area contributed by atoms with Gasteiger partial charge >= 0.3 is 0 Å². The highest BCUT2D eigenvalue weighted by atomic mass is 16.5. The molecule has 2 aromatic heterocycles. The van der Waals surface area contributed by atoms with Crippen molar-refractivity contribution in [3.63, 3.8) is 0 Å². The smallest absolute Gasteiger partial charge is 0.140 e. The third kappa shape index (κ3) is 2.88.